The van der Waals surface area contributed by atoms with E-state index in [4.69, 9.17) is 5.73 Å². The van der Waals surface area contributed by atoms with Crippen LogP contribution in [-0.2, 0) is 26.4 Å². The van der Waals surface area contributed by atoms with E-state index in [1.807, 2.05) is 24.9 Å². The highest BCUT2D eigenvalue weighted by atomic mass is 15.3. The van der Waals surface area contributed by atoms with Crippen LogP contribution in [0.15, 0.2) is 12.3 Å². The highest BCUT2D eigenvalue weighted by molar-refractivity contribution is 5.25. The minimum Gasteiger partial charge on any atom is -0.328 e. The summed E-state index contributed by atoms with van der Waals surface area (Å²) in [6.45, 7) is 7.10. The predicted octanol–water partition coefficient (Wildman–Crippen LogP) is 1.37. The predicted molar refractivity (Wildman–Crippen MR) is 76.0 cm³/mol. The topological polar surface area (TPSA) is 61.7 Å². The van der Waals surface area contributed by atoms with Crippen molar-refractivity contribution in [3.8, 4) is 0 Å². The average molecular weight is 261 g/mol. The molecule has 2 N–H and O–H groups in total. The number of aryl methyl sites for hydroxylation is 4. The molecule has 0 saturated heterocycles. The van der Waals surface area contributed by atoms with Crippen molar-refractivity contribution >= 4 is 0 Å². The molecule has 0 aliphatic heterocycles. The van der Waals surface area contributed by atoms with Crippen LogP contribution in [0.3, 0.4) is 0 Å². The molecular formula is C14H23N5. The second kappa shape index (κ2) is 5.57. The molecule has 1 unspecified atom stereocenters. The summed E-state index contributed by atoms with van der Waals surface area (Å²) in [5.41, 5.74) is 10.7. The summed E-state index contributed by atoms with van der Waals surface area (Å²) in [6, 6.07) is 2.22. The highest BCUT2D eigenvalue weighted by Gasteiger charge is 2.13. The van der Waals surface area contributed by atoms with Crippen LogP contribution in [0, 0.1) is 13.8 Å². The van der Waals surface area contributed by atoms with Gasteiger partial charge in [-0.25, -0.2) is 0 Å². The number of nitrogens with two attached hydrogens (primary N) is 1. The van der Waals surface area contributed by atoms with E-state index >= 15 is 0 Å². The first-order chi connectivity index (χ1) is 8.99. The van der Waals surface area contributed by atoms with Gasteiger partial charge in [-0.05, 0) is 38.8 Å². The first kappa shape index (κ1) is 13.8. The molecule has 0 bridgehead atoms. The molecular weight excluding hydrogens is 238 g/mol. The fourth-order valence-corrected chi connectivity index (χ4v) is 2.44. The van der Waals surface area contributed by atoms with Gasteiger partial charge < -0.3 is 5.73 Å². The molecule has 0 aliphatic carbocycles. The largest absolute Gasteiger partial charge is 0.328 e. The van der Waals surface area contributed by atoms with Crippen LogP contribution in [0.2, 0.25) is 0 Å². The van der Waals surface area contributed by atoms with Gasteiger partial charge >= 0.3 is 0 Å². The lowest BCUT2D eigenvalue weighted by atomic mass is 10.1. The maximum atomic E-state index is 5.89. The summed E-state index contributed by atoms with van der Waals surface area (Å²) in [5.74, 6) is 0. The monoisotopic (exact) mass is 261 g/mol. The van der Waals surface area contributed by atoms with E-state index < -0.39 is 0 Å². The van der Waals surface area contributed by atoms with Gasteiger partial charge in [0.15, 0.2) is 0 Å². The number of nitrogens with zero attached hydrogens (tertiary/aromatic N) is 4. The molecule has 1 atom stereocenters. The Kier molecular flexibility index (Phi) is 4.04. The summed E-state index contributed by atoms with van der Waals surface area (Å²) in [5, 5.41) is 8.81. The van der Waals surface area contributed by atoms with E-state index in [1.54, 1.807) is 0 Å². The number of hydrogen-bond donors (Lipinski definition) is 1. The van der Waals surface area contributed by atoms with Gasteiger partial charge in [-0.15, -0.1) is 0 Å². The van der Waals surface area contributed by atoms with Crippen molar-refractivity contribution in [1.29, 1.82) is 0 Å². The Morgan fingerprint density at radius 3 is 2.68 bits per heavy atom. The molecule has 2 rings (SSSR count). The third-order valence-corrected chi connectivity index (χ3v) is 3.56. The van der Waals surface area contributed by atoms with Gasteiger partial charge in [0, 0.05) is 43.6 Å². The van der Waals surface area contributed by atoms with Crippen molar-refractivity contribution < 1.29 is 0 Å². The quantitative estimate of drug-likeness (QED) is 0.884. The Hall–Kier alpha value is -1.62. The first-order valence-electron chi connectivity index (χ1n) is 6.74. The molecule has 0 amide bonds. The molecule has 0 aromatic carbocycles. The minimum atomic E-state index is 0.173. The van der Waals surface area contributed by atoms with E-state index in [0.717, 1.165) is 25.1 Å². The Bertz CT molecular complexity index is 550. The second-order valence-corrected chi connectivity index (χ2v) is 5.25. The molecule has 5 nitrogen and oxygen atoms in total. The van der Waals surface area contributed by atoms with Crippen LogP contribution in [0.5, 0.6) is 0 Å². The maximum Gasteiger partial charge on any atom is 0.0629 e. The van der Waals surface area contributed by atoms with Crippen molar-refractivity contribution in [2.75, 3.05) is 0 Å². The molecule has 19 heavy (non-hydrogen) atoms. The SMILES string of the molecule is Cc1nn(CCc2ccnn2C)c(C)c1CC(C)N. The molecule has 0 spiro atoms. The van der Waals surface area contributed by atoms with Crippen LogP contribution in [0.4, 0.5) is 0 Å². The van der Waals surface area contributed by atoms with Crippen molar-refractivity contribution in [1.82, 2.24) is 19.6 Å². The highest BCUT2D eigenvalue weighted by Crippen LogP contribution is 2.15. The third-order valence-electron chi connectivity index (χ3n) is 3.56. The zero-order valence-corrected chi connectivity index (χ0v) is 12.2. The molecule has 0 radical (unpaired) electrons. The molecule has 0 fully saturated rings. The van der Waals surface area contributed by atoms with E-state index in [2.05, 4.69) is 34.8 Å². The second-order valence-electron chi connectivity index (χ2n) is 5.25. The lowest BCUT2D eigenvalue weighted by Crippen LogP contribution is -2.18. The van der Waals surface area contributed by atoms with Crippen molar-refractivity contribution in [3.05, 3.63) is 34.9 Å². The van der Waals surface area contributed by atoms with Gasteiger partial charge in [0.1, 0.15) is 0 Å². The molecule has 0 saturated carbocycles. The summed E-state index contributed by atoms with van der Waals surface area (Å²) < 4.78 is 3.99. The summed E-state index contributed by atoms with van der Waals surface area (Å²) in [6.07, 6.45) is 3.66. The van der Waals surface area contributed by atoms with E-state index in [-0.39, 0.29) is 6.04 Å². The van der Waals surface area contributed by atoms with E-state index in [1.165, 1.54) is 17.0 Å². The van der Waals surface area contributed by atoms with Crippen molar-refractivity contribution in [2.24, 2.45) is 12.8 Å². The first-order valence-corrected chi connectivity index (χ1v) is 6.74. The Balaban J connectivity index is 2.11. The standard InChI is InChI=1S/C14H23N5/c1-10(15)9-14-11(2)17-19(12(14)3)8-6-13-5-7-16-18(13)4/h5,7,10H,6,8-9,15H2,1-4H3. The Morgan fingerprint density at radius 2 is 2.11 bits per heavy atom. The fourth-order valence-electron chi connectivity index (χ4n) is 2.44. The molecule has 2 aromatic rings. The van der Waals surface area contributed by atoms with Gasteiger partial charge in [-0.1, -0.05) is 0 Å². The zero-order valence-electron chi connectivity index (χ0n) is 12.2. The van der Waals surface area contributed by atoms with Crippen LogP contribution >= 0.6 is 0 Å². The lowest BCUT2D eigenvalue weighted by Gasteiger charge is -2.07. The number of hydrogen-bond acceptors (Lipinski definition) is 3. The average Bonchev–Trinajstić information content (AvgIpc) is 2.85. The molecule has 104 valence electrons. The van der Waals surface area contributed by atoms with Gasteiger partial charge in [0.2, 0.25) is 0 Å². The van der Waals surface area contributed by atoms with Crippen LogP contribution in [0.25, 0.3) is 0 Å². The normalized spacial score (nSPS) is 12.9. The zero-order chi connectivity index (χ0) is 14.0. The van der Waals surface area contributed by atoms with Gasteiger partial charge in [-0.2, -0.15) is 10.2 Å². The lowest BCUT2D eigenvalue weighted by molar-refractivity contribution is 0.569. The van der Waals surface area contributed by atoms with Crippen molar-refractivity contribution in [2.45, 2.75) is 46.2 Å². The van der Waals surface area contributed by atoms with Crippen molar-refractivity contribution in [3.63, 3.8) is 0 Å². The maximum absolute atomic E-state index is 5.89. The van der Waals surface area contributed by atoms with Gasteiger partial charge in [-0.3, -0.25) is 9.36 Å². The molecule has 5 heteroatoms. The fraction of sp³-hybridized carbons (Fsp3) is 0.571. The van der Waals surface area contributed by atoms with E-state index in [0.29, 0.717) is 0 Å². The van der Waals surface area contributed by atoms with Gasteiger partial charge in [0.05, 0.1) is 5.69 Å². The smallest absolute Gasteiger partial charge is 0.0629 e. The molecule has 0 aliphatic rings. The minimum absolute atomic E-state index is 0.173. The molecule has 2 heterocycles. The van der Waals surface area contributed by atoms with Crippen LogP contribution in [-0.4, -0.2) is 25.6 Å². The van der Waals surface area contributed by atoms with Crippen LogP contribution in [0.1, 0.15) is 29.6 Å². The van der Waals surface area contributed by atoms with Gasteiger partial charge in [0.25, 0.3) is 0 Å². The number of aromatic nitrogens is 4. The number of rotatable bonds is 5. The summed E-state index contributed by atoms with van der Waals surface area (Å²) >= 11 is 0. The summed E-state index contributed by atoms with van der Waals surface area (Å²) in [7, 11) is 1.97. The Labute approximate surface area is 114 Å². The van der Waals surface area contributed by atoms with E-state index in [9.17, 15) is 0 Å². The van der Waals surface area contributed by atoms with Crippen LogP contribution < -0.4 is 5.73 Å². The molecule has 2 aromatic heterocycles. The Morgan fingerprint density at radius 1 is 1.37 bits per heavy atom. The summed E-state index contributed by atoms with van der Waals surface area (Å²) in [4.78, 5) is 0. The third kappa shape index (κ3) is 3.04.